The molecule has 0 radical (unpaired) electrons. The average molecular weight is 360 g/mol. The largest absolute Gasteiger partial charge is 0.326 e. The molecule has 2 aromatic rings. The van der Waals surface area contributed by atoms with Gasteiger partial charge in [0.1, 0.15) is 0 Å². The zero-order valence-corrected chi connectivity index (χ0v) is 15.6. The lowest BCUT2D eigenvalue weighted by atomic mass is 9.95. The van der Waals surface area contributed by atoms with Gasteiger partial charge < -0.3 is 11.1 Å². The number of nitrogens with zero attached hydrogens (tertiary/aromatic N) is 1. The SMILES string of the molecule is Cc1ccc(NC(=O)CN2C[C@@H](N)[C@H](c3ccccc3)C2)c(C)c1.Cl. The molecule has 134 valence electrons. The Kier molecular flexibility index (Phi) is 6.59. The van der Waals surface area contributed by atoms with E-state index in [1.165, 1.54) is 11.1 Å². The number of aryl methyl sites for hydroxylation is 2. The zero-order valence-electron chi connectivity index (χ0n) is 14.7. The van der Waals surface area contributed by atoms with Crippen molar-refractivity contribution in [1.29, 1.82) is 0 Å². The van der Waals surface area contributed by atoms with Gasteiger partial charge in [-0.05, 0) is 31.0 Å². The summed E-state index contributed by atoms with van der Waals surface area (Å²) >= 11 is 0. The second-order valence-electron chi connectivity index (χ2n) is 6.74. The number of amides is 1. The predicted octanol–water partition coefficient (Wildman–Crippen LogP) is 3.09. The standard InChI is InChI=1S/C20H25N3O.ClH/c1-14-8-9-19(15(2)10-14)22-20(24)13-23-11-17(18(21)12-23)16-6-4-3-5-7-16;/h3-10,17-18H,11-13,21H2,1-2H3,(H,22,24);1H/t17-,18+;/m0./s1. The Morgan fingerprint density at radius 3 is 2.56 bits per heavy atom. The molecule has 4 nitrogen and oxygen atoms in total. The monoisotopic (exact) mass is 359 g/mol. The fourth-order valence-electron chi connectivity index (χ4n) is 3.44. The maximum absolute atomic E-state index is 12.4. The summed E-state index contributed by atoms with van der Waals surface area (Å²) in [7, 11) is 0. The van der Waals surface area contributed by atoms with Crippen molar-refractivity contribution in [2.24, 2.45) is 5.73 Å². The van der Waals surface area contributed by atoms with Crippen molar-refractivity contribution >= 4 is 24.0 Å². The molecule has 5 heteroatoms. The molecule has 1 heterocycles. The van der Waals surface area contributed by atoms with Gasteiger partial charge in [0.05, 0.1) is 6.54 Å². The Morgan fingerprint density at radius 2 is 1.88 bits per heavy atom. The minimum atomic E-state index is 0. The molecule has 1 aliphatic rings. The lowest BCUT2D eigenvalue weighted by Crippen LogP contribution is -2.33. The Labute approximate surface area is 155 Å². The van der Waals surface area contributed by atoms with Crippen LogP contribution in [-0.4, -0.2) is 36.5 Å². The van der Waals surface area contributed by atoms with Crippen LogP contribution in [0.15, 0.2) is 48.5 Å². The highest BCUT2D eigenvalue weighted by Crippen LogP contribution is 2.26. The summed E-state index contributed by atoms with van der Waals surface area (Å²) < 4.78 is 0. The number of hydrogen-bond acceptors (Lipinski definition) is 3. The molecule has 0 saturated carbocycles. The Balaban J connectivity index is 0.00000225. The van der Waals surface area contributed by atoms with Crippen molar-refractivity contribution in [1.82, 2.24) is 4.90 Å². The number of hydrogen-bond donors (Lipinski definition) is 2. The van der Waals surface area contributed by atoms with Gasteiger partial charge in [0, 0.05) is 30.7 Å². The molecule has 1 aliphatic heterocycles. The maximum atomic E-state index is 12.4. The van der Waals surface area contributed by atoms with Crippen LogP contribution < -0.4 is 11.1 Å². The van der Waals surface area contributed by atoms with Gasteiger partial charge in [0.2, 0.25) is 5.91 Å². The van der Waals surface area contributed by atoms with Crippen LogP contribution in [0.25, 0.3) is 0 Å². The number of carbonyl (C=O) groups is 1. The van der Waals surface area contributed by atoms with Crippen LogP contribution in [0.2, 0.25) is 0 Å². The summed E-state index contributed by atoms with van der Waals surface area (Å²) in [4.78, 5) is 14.5. The Hall–Kier alpha value is -1.88. The van der Waals surface area contributed by atoms with Gasteiger partial charge in [-0.25, -0.2) is 0 Å². The van der Waals surface area contributed by atoms with E-state index in [2.05, 4.69) is 28.4 Å². The zero-order chi connectivity index (χ0) is 17.1. The van der Waals surface area contributed by atoms with Crippen molar-refractivity contribution in [2.75, 3.05) is 25.0 Å². The van der Waals surface area contributed by atoms with Crippen molar-refractivity contribution in [3.05, 3.63) is 65.2 Å². The number of likely N-dealkylation sites (tertiary alicyclic amines) is 1. The molecule has 2 atom stereocenters. The summed E-state index contributed by atoms with van der Waals surface area (Å²) in [5.41, 5.74) is 10.7. The molecule has 0 spiro atoms. The molecule has 0 aliphatic carbocycles. The fourth-order valence-corrected chi connectivity index (χ4v) is 3.44. The quantitative estimate of drug-likeness (QED) is 0.881. The number of nitrogens with one attached hydrogen (secondary N) is 1. The summed E-state index contributed by atoms with van der Waals surface area (Å²) in [5, 5.41) is 3.01. The first-order valence-electron chi connectivity index (χ1n) is 8.43. The molecule has 3 N–H and O–H groups in total. The minimum absolute atomic E-state index is 0. The number of benzene rings is 2. The summed E-state index contributed by atoms with van der Waals surface area (Å²) in [5.74, 6) is 0.308. The van der Waals surface area contributed by atoms with E-state index in [0.29, 0.717) is 12.5 Å². The molecule has 25 heavy (non-hydrogen) atoms. The van der Waals surface area contributed by atoms with E-state index in [1.54, 1.807) is 0 Å². The normalized spacial score (nSPS) is 20.1. The van der Waals surface area contributed by atoms with Gasteiger partial charge in [-0.2, -0.15) is 0 Å². The summed E-state index contributed by atoms with van der Waals surface area (Å²) in [6, 6.07) is 16.4. The molecular formula is C20H26ClN3O. The van der Waals surface area contributed by atoms with Crippen molar-refractivity contribution in [3.8, 4) is 0 Å². The van der Waals surface area contributed by atoms with Gasteiger partial charge in [-0.1, -0.05) is 48.0 Å². The van der Waals surface area contributed by atoms with Crippen LogP contribution >= 0.6 is 12.4 Å². The van der Waals surface area contributed by atoms with Gasteiger partial charge in [0.15, 0.2) is 0 Å². The Bertz CT molecular complexity index is 720. The highest BCUT2D eigenvalue weighted by molar-refractivity contribution is 5.93. The third-order valence-corrected chi connectivity index (χ3v) is 4.69. The lowest BCUT2D eigenvalue weighted by molar-refractivity contribution is -0.117. The third-order valence-electron chi connectivity index (χ3n) is 4.69. The number of nitrogens with two attached hydrogens (primary N) is 1. The smallest absolute Gasteiger partial charge is 0.238 e. The molecule has 0 unspecified atom stereocenters. The van der Waals surface area contributed by atoms with Gasteiger partial charge in [0.25, 0.3) is 0 Å². The van der Waals surface area contributed by atoms with Crippen molar-refractivity contribution in [2.45, 2.75) is 25.8 Å². The third kappa shape index (κ3) is 4.82. The van der Waals surface area contributed by atoms with E-state index in [4.69, 9.17) is 5.73 Å². The number of anilines is 1. The second-order valence-corrected chi connectivity index (χ2v) is 6.74. The van der Waals surface area contributed by atoms with E-state index in [9.17, 15) is 4.79 Å². The molecule has 3 rings (SSSR count). The average Bonchev–Trinajstić information content (AvgIpc) is 2.91. The fraction of sp³-hybridized carbons (Fsp3) is 0.350. The highest BCUT2D eigenvalue weighted by atomic mass is 35.5. The van der Waals surface area contributed by atoms with Gasteiger partial charge in [-0.3, -0.25) is 9.69 Å². The molecule has 0 aromatic heterocycles. The van der Waals surface area contributed by atoms with Crippen LogP contribution in [0.5, 0.6) is 0 Å². The van der Waals surface area contributed by atoms with E-state index >= 15 is 0 Å². The van der Waals surface area contributed by atoms with Crippen LogP contribution in [0.3, 0.4) is 0 Å². The number of halogens is 1. The number of rotatable bonds is 4. The van der Waals surface area contributed by atoms with Crippen LogP contribution in [0.1, 0.15) is 22.6 Å². The van der Waals surface area contributed by atoms with Crippen LogP contribution in [0, 0.1) is 13.8 Å². The van der Waals surface area contributed by atoms with Crippen LogP contribution in [-0.2, 0) is 4.79 Å². The molecule has 1 fully saturated rings. The summed E-state index contributed by atoms with van der Waals surface area (Å²) in [6.45, 7) is 6.02. The van der Waals surface area contributed by atoms with E-state index < -0.39 is 0 Å². The van der Waals surface area contributed by atoms with E-state index in [-0.39, 0.29) is 24.4 Å². The van der Waals surface area contributed by atoms with Crippen molar-refractivity contribution < 1.29 is 4.79 Å². The molecule has 2 aromatic carbocycles. The van der Waals surface area contributed by atoms with E-state index in [0.717, 1.165) is 24.3 Å². The first-order chi connectivity index (χ1) is 11.5. The maximum Gasteiger partial charge on any atom is 0.238 e. The van der Waals surface area contributed by atoms with Crippen molar-refractivity contribution in [3.63, 3.8) is 0 Å². The molecular weight excluding hydrogens is 334 g/mol. The molecule has 1 amide bonds. The van der Waals surface area contributed by atoms with Gasteiger partial charge >= 0.3 is 0 Å². The first kappa shape index (κ1) is 19.4. The van der Waals surface area contributed by atoms with Gasteiger partial charge in [-0.15, -0.1) is 12.4 Å². The van der Waals surface area contributed by atoms with Crippen LogP contribution in [0.4, 0.5) is 5.69 Å². The molecule has 0 bridgehead atoms. The minimum Gasteiger partial charge on any atom is -0.326 e. The predicted molar refractivity (Wildman–Crippen MR) is 105 cm³/mol. The lowest BCUT2D eigenvalue weighted by Gasteiger charge is -2.16. The van der Waals surface area contributed by atoms with E-state index in [1.807, 2.05) is 44.2 Å². The Morgan fingerprint density at radius 1 is 1.16 bits per heavy atom. The topological polar surface area (TPSA) is 58.4 Å². The second kappa shape index (κ2) is 8.48. The number of carbonyl (C=O) groups excluding carboxylic acids is 1. The summed E-state index contributed by atoms with van der Waals surface area (Å²) in [6.07, 6.45) is 0. The molecule has 1 saturated heterocycles. The highest BCUT2D eigenvalue weighted by Gasteiger charge is 2.31. The first-order valence-corrected chi connectivity index (χ1v) is 8.43.